The Morgan fingerprint density at radius 2 is 1.93 bits per heavy atom. The van der Waals surface area contributed by atoms with Crippen molar-refractivity contribution in [1.82, 2.24) is 9.78 Å². The molecule has 0 saturated heterocycles. The molecule has 152 valence electrons. The van der Waals surface area contributed by atoms with E-state index < -0.39 is 31.2 Å². The van der Waals surface area contributed by atoms with E-state index in [4.69, 9.17) is 9.84 Å². The number of carboxylic acids is 1. The lowest BCUT2D eigenvalue weighted by atomic mass is 10.1. The molecule has 7 nitrogen and oxygen atoms in total. The molecule has 2 rings (SSSR count). The quantitative estimate of drug-likeness (QED) is 0.747. The monoisotopic (exact) mass is 399 g/mol. The maximum absolute atomic E-state index is 12.6. The van der Waals surface area contributed by atoms with Gasteiger partial charge in [-0.15, -0.1) is 0 Å². The Bertz CT molecular complexity index is 891. The van der Waals surface area contributed by atoms with Gasteiger partial charge >= 0.3 is 12.1 Å². The molecule has 0 spiro atoms. The van der Waals surface area contributed by atoms with Crippen molar-refractivity contribution in [3.05, 3.63) is 40.7 Å². The molecular formula is C18H20F3N3O4. The number of benzene rings is 1. The fourth-order valence-electron chi connectivity index (χ4n) is 2.68. The van der Waals surface area contributed by atoms with E-state index >= 15 is 0 Å². The maximum atomic E-state index is 12.6. The maximum Gasteiger partial charge on any atom is 0.408 e. The first kappa shape index (κ1) is 21.3. The molecule has 0 aliphatic rings. The van der Waals surface area contributed by atoms with E-state index in [0.717, 1.165) is 4.68 Å². The van der Waals surface area contributed by atoms with Gasteiger partial charge in [-0.05, 0) is 44.5 Å². The molecule has 10 heteroatoms. The van der Waals surface area contributed by atoms with Gasteiger partial charge in [0.15, 0.2) is 6.61 Å². The molecule has 0 aliphatic heterocycles. The number of aromatic nitrogens is 2. The van der Waals surface area contributed by atoms with Gasteiger partial charge in [-0.3, -0.25) is 9.48 Å². The number of carbonyl (C=O) groups is 2. The van der Waals surface area contributed by atoms with E-state index in [1.54, 1.807) is 26.0 Å². The molecule has 1 heterocycles. The second-order valence-electron chi connectivity index (χ2n) is 6.31. The fourth-order valence-corrected chi connectivity index (χ4v) is 2.68. The number of alkyl halides is 3. The number of halogens is 3. The van der Waals surface area contributed by atoms with Crippen LogP contribution in [0.2, 0.25) is 0 Å². The number of carbonyl (C=O) groups excluding carboxylic acids is 1. The van der Waals surface area contributed by atoms with Crippen LogP contribution >= 0.6 is 0 Å². The molecule has 0 bridgehead atoms. The first-order valence-electron chi connectivity index (χ1n) is 8.31. The second-order valence-corrected chi connectivity index (χ2v) is 6.31. The molecule has 28 heavy (non-hydrogen) atoms. The molecule has 1 aromatic heterocycles. The van der Waals surface area contributed by atoms with Crippen LogP contribution in [0, 0.1) is 20.8 Å². The number of hydrogen-bond acceptors (Lipinski definition) is 4. The van der Waals surface area contributed by atoms with Gasteiger partial charge in [-0.25, -0.2) is 4.79 Å². The molecule has 0 unspecified atom stereocenters. The Balaban J connectivity index is 2.07. The number of anilines is 1. The summed E-state index contributed by atoms with van der Waals surface area (Å²) in [4.78, 5) is 22.9. The predicted octanol–water partition coefficient (Wildman–Crippen LogP) is 3.02. The molecule has 1 amide bonds. The zero-order chi connectivity index (χ0) is 21.1. The zero-order valence-electron chi connectivity index (χ0n) is 15.6. The van der Waals surface area contributed by atoms with Gasteiger partial charge in [-0.2, -0.15) is 18.3 Å². The number of rotatable bonds is 7. The second kappa shape index (κ2) is 8.32. The number of nitrogens with one attached hydrogen (secondary N) is 1. The van der Waals surface area contributed by atoms with Crippen molar-refractivity contribution in [2.24, 2.45) is 0 Å². The van der Waals surface area contributed by atoms with Crippen LogP contribution in [-0.4, -0.2) is 39.5 Å². The molecular weight excluding hydrogens is 379 g/mol. The number of aliphatic carboxylic acids is 1. The lowest BCUT2D eigenvalue weighted by Gasteiger charge is -2.11. The highest BCUT2D eigenvalue weighted by Gasteiger charge is 2.30. The van der Waals surface area contributed by atoms with Crippen LogP contribution in [0.15, 0.2) is 18.2 Å². The van der Waals surface area contributed by atoms with E-state index in [-0.39, 0.29) is 6.42 Å². The average Bonchev–Trinajstić information content (AvgIpc) is 2.81. The van der Waals surface area contributed by atoms with Crippen LogP contribution in [0.5, 0.6) is 5.75 Å². The van der Waals surface area contributed by atoms with Crippen LogP contribution in [0.1, 0.15) is 22.5 Å². The largest absolute Gasteiger partial charge is 0.482 e. The van der Waals surface area contributed by atoms with Crippen molar-refractivity contribution in [2.75, 3.05) is 11.9 Å². The highest BCUT2D eigenvalue weighted by atomic mass is 19.4. The molecule has 2 aromatic rings. The van der Waals surface area contributed by atoms with Crippen molar-refractivity contribution >= 4 is 17.6 Å². The standard InChI is InChI=1S/C18H20F3N3O4/c1-10-6-13(28-8-17(26)27)4-5-15(10)22-16(25)7-14-11(2)23-24(12(14)3)9-18(19,20)21/h4-6H,7-9H2,1-3H3,(H,22,25)(H,26,27). The van der Waals surface area contributed by atoms with Crippen LogP contribution in [0.3, 0.4) is 0 Å². The summed E-state index contributed by atoms with van der Waals surface area (Å²) in [5.41, 5.74) is 2.24. The molecule has 0 aliphatic carbocycles. The minimum Gasteiger partial charge on any atom is -0.482 e. The smallest absolute Gasteiger partial charge is 0.408 e. The summed E-state index contributed by atoms with van der Waals surface area (Å²) in [6.45, 7) is 3.07. The lowest BCUT2D eigenvalue weighted by Crippen LogP contribution is -2.20. The van der Waals surface area contributed by atoms with E-state index in [2.05, 4.69) is 10.4 Å². The van der Waals surface area contributed by atoms with E-state index in [1.165, 1.54) is 13.0 Å². The van der Waals surface area contributed by atoms with Crippen molar-refractivity contribution in [3.8, 4) is 5.75 Å². The molecule has 1 aromatic carbocycles. The summed E-state index contributed by atoms with van der Waals surface area (Å²) in [6, 6.07) is 4.66. The van der Waals surface area contributed by atoms with Gasteiger partial charge in [0.1, 0.15) is 12.3 Å². The lowest BCUT2D eigenvalue weighted by molar-refractivity contribution is -0.143. The highest BCUT2D eigenvalue weighted by Crippen LogP contribution is 2.23. The topological polar surface area (TPSA) is 93.4 Å². The summed E-state index contributed by atoms with van der Waals surface area (Å²) in [5, 5.41) is 15.2. The number of carboxylic acid groups (broad SMARTS) is 1. The summed E-state index contributed by atoms with van der Waals surface area (Å²) in [7, 11) is 0. The number of amides is 1. The third-order valence-electron chi connectivity index (χ3n) is 4.03. The average molecular weight is 399 g/mol. The number of aryl methyl sites for hydroxylation is 2. The molecule has 0 radical (unpaired) electrons. The minimum atomic E-state index is -4.40. The number of ether oxygens (including phenoxy) is 1. The van der Waals surface area contributed by atoms with Crippen molar-refractivity contribution in [3.63, 3.8) is 0 Å². The van der Waals surface area contributed by atoms with Crippen molar-refractivity contribution in [2.45, 2.75) is 39.9 Å². The highest BCUT2D eigenvalue weighted by molar-refractivity contribution is 5.93. The molecule has 2 N–H and O–H groups in total. The van der Waals surface area contributed by atoms with Crippen molar-refractivity contribution < 1.29 is 32.6 Å². The number of hydrogen-bond donors (Lipinski definition) is 2. The van der Waals surface area contributed by atoms with Crippen molar-refractivity contribution in [1.29, 1.82) is 0 Å². The van der Waals surface area contributed by atoms with Crippen LogP contribution in [0.25, 0.3) is 0 Å². The van der Waals surface area contributed by atoms with Crippen LogP contribution in [0.4, 0.5) is 18.9 Å². The first-order chi connectivity index (χ1) is 13.0. The summed E-state index contributed by atoms with van der Waals surface area (Å²) in [5.74, 6) is -1.16. The van der Waals surface area contributed by atoms with E-state index in [9.17, 15) is 22.8 Å². The Morgan fingerprint density at radius 3 is 2.50 bits per heavy atom. The molecule has 0 fully saturated rings. The first-order valence-corrected chi connectivity index (χ1v) is 8.31. The van der Waals surface area contributed by atoms with E-state index in [1.807, 2.05) is 0 Å². The van der Waals surface area contributed by atoms with Gasteiger partial charge in [-0.1, -0.05) is 0 Å². The van der Waals surface area contributed by atoms with E-state index in [0.29, 0.717) is 34.0 Å². The van der Waals surface area contributed by atoms with Gasteiger partial charge in [0.05, 0.1) is 12.1 Å². The van der Waals surface area contributed by atoms with Gasteiger partial charge in [0, 0.05) is 16.9 Å². The Hall–Kier alpha value is -3.04. The predicted molar refractivity (Wildman–Crippen MR) is 94.4 cm³/mol. The Kier molecular flexibility index (Phi) is 6.32. The summed E-state index contributed by atoms with van der Waals surface area (Å²) >= 11 is 0. The number of nitrogens with zero attached hydrogens (tertiary/aromatic N) is 2. The molecule has 0 atom stereocenters. The minimum absolute atomic E-state index is 0.119. The third kappa shape index (κ3) is 5.73. The van der Waals surface area contributed by atoms with Crippen LogP contribution in [-0.2, 0) is 22.6 Å². The summed E-state index contributed by atoms with van der Waals surface area (Å²) < 4.78 is 43.7. The van der Waals surface area contributed by atoms with Gasteiger partial charge < -0.3 is 15.2 Å². The SMILES string of the molecule is Cc1cc(OCC(=O)O)ccc1NC(=O)Cc1c(C)nn(CC(F)(F)F)c1C. The van der Waals surface area contributed by atoms with Gasteiger partial charge in [0.25, 0.3) is 0 Å². The summed E-state index contributed by atoms with van der Waals surface area (Å²) in [6.07, 6.45) is -4.52. The Morgan fingerprint density at radius 1 is 1.25 bits per heavy atom. The Labute approximate surface area is 159 Å². The van der Waals surface area contributed by atoms with Crippen LogP contribution < -0.4 is 10.1 Å². The zero-order valence-corrected chi connectivity index (χ0v) is 15.6. The fraction of sp³-hybridized carbons (Fsp3) is 0.389. The normalized spacial score (nSPS) is 11.4. The third-order valence-corrected chi connectivity index (χ3v) is 4.03. The molecule has 0 saturated carbocycles. The van der Waals surface area contributed by atoms with Gasteiger partial charge in [0.2, 0.25) is 5.91 Å².